The van der Waals surface area contributed by atoms with E-state index in [0.717, 1.165) is 22.8 Å². The molecule has 0 bridgehead atoms. The first-order chi connectivity index (χ1) is 9.10. The zero-order valence-electron chi connectivity index (χ0n) is 12.8. The lowest BCUT2D eigenvalue weighted by Crippen LogP contribution is -1.82. The number of carboxylic acid groups (broad SMARTS) is 1. The molecule has 110 valence electrons. The zero-order valence-corrected chi connectivity index (χ0v) is 12.8. The monoisotopic (exact) mass is 275 g/mol. The topological polar surface area (TPSA) is 61.1 Å². The number of aliphatic carboxylic acids is 1. The van der Waals surface area contributed by atoms with Gasteiger partial charge in [-0.1, -0.05) is 62.3 Å². The first-order valence-electron chi connectivity index (χ1n) is 5.55. The minimum absolute atomic E-state index is 0.833. The molecule has 0 unspecified atom stereocenters. The maximum atomic E-state index is 9.25. The summed E-state index contributed by atoms with van der Waals surface area (Å²) in [7, 11) is 0. The second-order valence-corrected chi connectivity index (χ2v) is 3.49. The second-order valence-electron chi connectivity index (χ2n) is 3.49. The van der Waals surface area contributed by atoms with Crippen molar-refractivity contribution in [1.82, 2.24) is 0 Å². The molecule has 0 atom stereocenters. The number of hydrogen-bond donors (Lipinski definition) is 1. The number of hydrogen-bond acceptors (Lipinski definition) is 2. The van der Waals surface area contributed by atoms with Gasteiger partial charge in [0.2, 0.25) is 0 Å². The Hall–Kier alpha value is -2.60. The smallest absolute Gasteiger partial charge is 0.327 e. The number of carbonyl (C=O) groups is 1. The molecule has 0 aromatic rings. The third-order valence-electron chi connectivity index (χ3n) is 1.34. The molecule has 3 heteroatoms. The first-order valence-corrected chi connectivity index (χ1v) is 5.55. The van der Waals surface area contributed by atoms with Crippen molar-refractivity contribution in [3.63, 3.8) is 0 Å². The van der Waals surface area contributed by atoms with Gasteiger partial charge in [-0.15, -0.1) is 0 Å². The van der Waals surface area contributed by atoms with Gasteiger partial charge in [0.1, 0.15) is 0 Å². The van der Waals surface area contributed by atoms with E-state index < -0.39 is 5.97 Å². The van der Waals surface area contributed by atoms with Crippen LogP contribution in [0, 0.1) is 11.3 Å². The van der Waals surface area contributed by atoms with Gasteiger partial charge in [0, 0.05) is 12.2 Å². The van der Waals surface area contributed by atoms with Gasteiger partial charge in [-0.2, -0.15) is 5.26 Å². The van der Waals surface area contributed by atoms with Gasteiger partial charge in [0.15, 0.2) is 0 Å². The van der Waals surface area contributed by atoms with Crippen LogP contribution < -0.4 is 0 Å². The van der Waals surface area contributed by atoms with Crippen molar-refractivity contribution in [1.29, 1.82) is 5.26 Å². The van der Waals surface area contributed by atoms with Crippen LogP contribution in [0.1, 0.15) is 20.8 Å². The molecule has 0 aliphatic rings. The highest BCUT2D eigenvalue weighted by Gasteiger charge is 1.77. The Kier molecular flexibility index (Phi) is 28.2. The molecular formula is C17H25NO2. The van der Waals surface area contributed by atoms with E-state index in [1.807, 2.05) is 20.8 Å². The SMILES string of the molecule is C=C(C)C(=C)C.C=CC#N.C=CC(=C)C.C=CC(=O)O. The van der Waals surface area contributed by atoms with Gasteiger partial charge in [-0.25, -0.2) is 4.79 Å². The summed E-state index contributed by atoms with van der Waals surface area (Å²) in [4.78, 5) is 9.25. The molecule has 0 heterocycles. The summed E-state index contributed by atoms with van der Waals surface area (Å²) in [6.45, 7) is 26.2. The van der Waals surface area contributed by atoms with E-state index in [-0.39, 0.29) is 0 Å². The Balaban J connectivity index is -0.0000000862. The molecule has 0 spiro atoms. The van der Waals surface area contributed by atoms with Crippen LogP contribution in [-0.4, -0.2) is 11.1 Å². The molecule has 0 radical (unpaired) electrons. The maximum Gasteiger partial charge on any atom is 0.327 e. The van der Waals surface area contributed by atoms with Gasteiger partial charge >= 0.3 is 5.97 Å². The molecule has 20 heavy (non-hydrogen) atoms. The first kappa shape index (κ1) is 26.1. The lowest BCUT2D eigenvalue weighted by molar-refractivity contribution is -0.131. The Labute approximate surface area is 123 Å². The summed E-state index contributed by atoms with van der Waals surface area (Å²) < 4.78 is 0. The minimum Gasteiger partial charge on any atom is -0.478 e. The van der Waals surface area contributed by atoms with Crippen LogP contribution in [0.5, 0.6) is 0 Å². The largest absolute Gasteiger partial charge is 0.478 e. The average molecular weight is 275 g/mol. The summed E-state index contributed by atoms with van der Waals surface area (Å²) in [5.74, 6) is -0.981. The molecule has 0 rings (SSSR count). The normalized spacial score (nSPS) is 6.30. The van der Waals surface area contributed by atoms with Gasteiger partial charge < -0.3 is 5.11 Å². The summed E-state index contributed by atoms with van der Waals surface area (Å²) in [6, 6.07) is 1.69. The van der Waals surface area contributed by atoms with Crippen molar-refractivity contribution < 1.29 is 9.90 Å². The zero-order chi connectivity index (χ0) is 17.1. The van der Waals surface area contributed by atoms with Crippen LogP contribution in [0.4, 0.5) is 0 Å². The molecule has 0 amide bonds. The number of rotatable bonds is 3. The van der Waals surface area contributed by atoms with Crippen LogP contribution >= 0.6 is 0 Å². The standard InChI is InChI=1S/C6H10.C5H8.C3H3N.C3H4O2/c1-5(2)6(3)4;1-4-5(2)3;1-2-3-4;1-2-3(4)5/h1,3H2,2,4H3;4H,1-2H2,3H3;2H,1H2;2H,1H2,(H,4,5). The minimum atomic E-state index is -0.981. The van der Waals surface area contributed by atoms with E-state index >= 15 is 0 Å². The molecule has 0 fully saturated rings. The summed E-state index contributed by atoms with van der Waals surface area (Å²) in [6.07, 6.45) is 3.74. The highest BCUT2D eigenvalue weighted by Crippen LogP contribution is 1.98. The number of nitriles is 1. The third kappa shape index (κ3) is 78.0. The van der Waals surface area contributed by atoms with E-state index in [4.69, 9.17) is 10.4 Å². The van der Waals surface area contributed by atoms with Crippen molar-refractivity contribution in [2.75, 3.05) is 0 Å². The molecule has 0 aliphatic carbocycles. The van der Waals surface area contributed by atoms with Crippen molar-refractivity contribution in [2.24, 2.45) is 0 Å². The Morgan fingerprint density at radius 2 is 1.20 bits per heavy atom. The van der Waals surface area contributed by atoms with Gasteiger partial charge in [0.05, 0.1) is 6.07 Å². The Morgan fingerprint density at radius 1 is 1.00 bits per heavy atom. The Morgan fingerprint density at radius 3 is 1.20 bits per heavy atom. The average Bonchev–Trinajstić information content (AvgIpc) is 2.40. The number of allylic oxidation sites excluding steroid dienone is 5. The fourth-order valence-corrected chi connectivity index (χ4v) is 0. The molecule has 0 aliphatic heterocycles. The number of carboxylic acids is 1. The lowest BCUT2D eigenvalue weighted by atomic mass is 10.2. The van der Waals surface area contributed by atoms with Crippen LogP contribution in [0.3, 0.4) is 0 Å². The number of nitrogens with zero attached hydrogens (tertiary/aromatic N) is 1. The van der Waals surface area contributed by atoms with Crippen LogP contribution in [0.2, 0.25) is 0 Å². The highest BCUT2D eigenvalue weighted by molar-refractivity contribution is 5.78. The van der Waals surface area contributed by atoms with Gasteiger partial charge in [-0.3, -0.25) is 0 Å². The van der Waals surface area contributed by atoms with Crippen molar-refractivity contribution >= 4 is 5.97 Å². The molecule has 0 aromatic heterocycles. The summed E-state index contributed by atoms with van der Waals surface area (Å²) in [5, 5.41) is 15.1. The van der Waals surface area contributed by atoms with Crippen LogP contribution in [-0.2, 0) is 4.79 Å². The van der Waals surface area contributed by atoms with Gasteiger partial charge in [0.25, 0.3) is 0 Å². The quantitative estimate of drug-likeness (QED) is 0.455. The van der Waals surface area contributed by atoms with Crippen molar-refractivity contribution in [2.45, 2.75) is 20.8 Å². The molecule has 0 aromatic carbocycles. The molecule has 0 saturated carbocycles. The third-order valence-corrected chi connectivity index (χ3v) is 1.34. The van der Waals surface area contributed by atoms with Crippen LogP contribution in [0.25, 0.3) is 0 Å². The van der Waals surface area contributed by atoms with Gasteiger partial charge in [-0.05, 0) is 20.8 Å². The van der Waals surface area contributed by atoms with Crippen molar-refractivity contribution in [3.05, 3.63) is 74.4 Å². The summed E-state index contributed by atoms with van der Waals surface area (Å²) >= 11 is 0. The molecule has 1 N–H and O–H groups in total. The maximum absolute atomic E-state index is 9.25. The highest BCUT2D eigenvalue weighted by atomic mass is 16.4. The van der Waals surface area contributed by atoms with E-state index in [9.17, 15) is 4.79 Å². The van der Waals surface area contributed by atoms with E-state index in [0.29, 0.717) is 0 Å². The predicted octanol–water partition coefficient (Wildman–Crippen LogP) is 4.84. The Bertz CT molecular complexity index is 366. The fourth-order valence-electron chi connectivity index (χ4n) is 0. The molecular weight excluding hydrogens is 250 g/mol. The van der Waals surface area contributed by atoms with E-state index in [1.54, 1.807) is 12.1 Å². The second kappa shape index (κ2) is 21.7. The van der Waals surface area contributed by atoms with Crippen molar-refractivity contribution in [3.8, 4) is 6.07 Å². The van der Waals surface area contributed by atoms with E-state index in [2.05, 4.69) is 39.5 Å². The summed E-state index contributed by atoms with van der Waals surface area (Å²) in [5.41, 5.74) is 3.15. The molecule has 3 nitrogen and oxygen atoms in total. The predicted molar refractivity (Wildman–Crippen MR) is 88.3 cm³/mol. The lowest BCUT2D eigenvalue weighted by Gasteiger charge is -1.88. The fraction of sp³-hybridized carbons (Fsp3) is 0.176. The van der Waals surface area contributed by atoms with E-state index in [1.165, 1.54) is 6.08 Å². The molecule has 0 saturated heterocycles. The van der Waals surface area contributed by atoms with Crippen LogP contribution in [0.15, 0.2) is 74.4 Å².